The van der Waals surface area contributed by atoms with E-state index in [1.54, 1.807) is 24.3 Å². The van der Waals surface area contributed by atoms with Gasteiger partial charge in [-0.3, -0.25) is 10.1 Å². The molecule has 0 amide bonds. The van der Waals surface area contributed by atoms with Gasteiger partial charge in [-0.25, -0.2) is 4.79 Å². The molecule has 0 fully saturated rings. The van der Waals surface area contributed by atoms with Crippen LogP contribution in [0.1, 0.15) is 15.9 Å². The van der Waals surface area contributed by atoms with Crippen molar-refractivity contribution >= 4 is 34.9 Å². The van der Waals surface area contributed by atoms with E-state index in [1.165, 1.54) is 12.1 Å². The topological polar surface area (TPSA) is 69.4 Å². The molecule has 2 aromatic carbocycles. The first-order valence-electron chi connectivity index (χ1n) is 5.83. The zero-order valence-corrected chi connectivity index (χ0v) is 12.1. The lowest BCUT2D eigenvalue weighted by molar-refractivity contribution is -0.385. The van der Waals surface area contributed by atoms with Crippen LogP contribution in [0.3, 0.4) is 0 Å². The summed E-state index contributed by atoms with van der Waals surface area (Å²) in [6.45, 7) is -0.00418. The van der Waals surface area contributed by atoms with Crippen LogP contribution in [0.25, 0.3) is 0 Å². The van der Waals surface area contributed by atoms with Crippen molar-refractivity contribution in [1.82, 2.24) is 0 Å². The fourth-order valence-electron chi connectivity index (χ4n) is 1.64. The molecule has 5 nitrogen and oxygen atoms in total. The Balaban J connectivity index is 2.13. The summed E-state index contributed by atoms with van der Waals surface area (Å²) >= 11 is 11.4. The Morgan fingerprint density at radius 2 is 1.71 bits per heavy atom. The number of benzene rings is 2. The van der Waals surface area contributed by atoms with Gasteiger partial charge in [0.25, 0.3) is 5.69 Å². The van der Waals surface area contributed by atoms with Gasteiger partial charge in [-0.15, -0.1) is 0 Å². The van der Waals surface area contributed by atoms with Crippen molar-refractivity contribution < 1.29 is 14.5 Å². The van der Waals surface area contributed by atoms with Gasteiger partial charge in [0, 0.05) is 16.1 Å². The zero-order valence-electron chi connectivity index (χ0n) is 10.6. The Morgan fingerprint density at radius 1 is 1.10 bits per heavy atom. The largest absolute Gasteiger partial charge is 0.457 e. The van der Waals surface area contributed by atoms with E-state index in [-0.39, 0.29) is 22.9 Å². The van der Waals surface area contributed by atoms with Gasteiger partial charge in [-0.05, 0) is 29.8 Å². The minimum Gasteiger partial charge on any atom is -0.457 e. The fraction of sp³-hybridized carbons (Fsp3) is 0.0714. The van der Waals surface area contributed by atoms with E-state index in [1.807, 2.05) is 0 Å². The lowest BCUT2D eigenvalue weighted by Crippen LogP contribution is -2.08. The Labute approximate surface area is 130 Å². The van der Waals surface area contributed by atoms with Crippen molar-refractivity contribution in [3.8, 4) is 0 Å². The molecule has 2 aromatic rings. The van der Waals surface area contributed by atoms with Crippen molar-refractivity contribution in [3.05, 3.63) is 73.8 Å². The highest BCUT2D eigenvalue weighted by Crippen LogP contribution is 2.24. The summed E-state index contributed by atoms with van der Waals surface area (Å²) in [5, 5.41) is 11.7. The molecule has 2 rings (SSSR count). The van der Waals surface area contributed by atoms with Crippen LogP contribution in [0.4, 0.5) is 5.69 Å². The lowest BCUT2D eigenvalue weighted by Gasteiger charge is -2.06. The number of halogens is 2. The summed E-state index contributed by atoms with van der Waals surface area (Å²) in [5.41, 5.74) is 0.200. The van der Waals surface area contributed by atoms with Gasteiger partial charge < -0.3 is 4.74 Å². The molecule has 0 aromatic heterocycles. The van der Waals surface area contributed by atoms with Crippen molar-refractivity contribution in [1.29, 1.82) is 0 Å². The molecule has 0 saturated heterocycles. The maximum atomic E-state index is 11.9. The van der Waals surface area contributed by atoms with Gasteiger partial charge in [0.2, 0.25) is 0 Å². The van der Waals surface area contributed by atoms with Gasteiger partial charge >= 0.3 is 5.97 Å². The van der Waals surface area contributed by atoms with E-state index in [4.69, 9.17) is 27.9 Å². The summed E-state index contributed by atoms with van der Waals surface area (Å²) in [6.07, 6.45) is 0. The number of ether oxygens (including phenoxy) is 1. The number of hydrogen-bond donors (Lipinski definition) is 0. The number of rotatable bonds is 4. The number of carbonyl (C=O) groups excluding carboxylic acids is 1. The average molecular weight is 326 g/mol. The summed E-state index contributed by atoms with van der Waals surface area (Å²) in [5.74, 6) is -0.784. The molecular formula is C14H9Cl2NO4. The second-order valence-corrected chi connectivity index (χ2v) is 4.99. The molecule has 0 aliphatic heterocycles. The van der Waals surface area contributed by atoms with Gasteiger partial charge in [0.1, 0.15) is 12.2 Å². The maximum Gasteiger partial charge on any atom is 0.345 e. The van der Waals surface area contributed by atoms with Crippen LogP contribution in [-0.4, -0.2) is 10.9 Å². The lowest BCUT2D eigenvalue weighted by atomic mass is 10.2. The third kappa shape index (κ3) is 3.93. The highest BCUT2D eigenvalue weighted by molar-refractivity contribution is 6.31. The quantitative estimate of drug-likeness (QED) is 0.478. The predicted octanol–water partition coefficient (Wildman–Crippen LogP) is 4.26. The van der Waals surface area contributed by atoms with Crippen molar-refractivity contribution in [2.75, 3.05) is 0 Å². The van der Waals surface area contributed by atoms with E-state index in [0.29, 0.717) is 5.02 Å². The third-order valence-electron chi connectivity index (χ3n) is 2.66. The van der Waals surface area contributed by atoms with Gasteiger partial charge in [-0.2, -0.15) is 0 Å². The first-order chi connectivity index (χ1) is 9.97. The molecule has 108 valence electrons. The molecule has 0 saturated carbocycles. The molecule has 21 heavy (non-hydrogen) atoms. The third-order valence-corrected chi connectivity index (χ3v) is 3.15. The average Bonchev–Trinajstić information content (AvgIpc) is 2.46. The Morgan fingerprint density at radius 3 is 2.33 bits per heavy atom. The van der Waals surface area contributed by atoms with Crippen LogP contribution in [-0.2, 0) is 11.3 Å². The van der Waals surface area contributed by atoms with E-state index in [9.17, 15) is 14.9 Å². The van der Waals surface area contributed by atoms with E-state index < -0.39 is 10.9 Å². The van der Waals surface area contributed by atoms with Crippen LogP contribution in [0.2, 0.25) is 10.0 Å². The SMILES string of the molecule is O=C(OCc1ccc(Cl)cc1)c1ccc(Cl)cc1[N+](=O)[O-]. The van der Waals surface area contributed by atoms with Gasteiger partial charge in [0.05, 0.1) is 4.92 Å². The van der Waals surface area contributed by atoms with E-state index in [0.717, 1.165) is 11.6 Å². The number of esters is 1. The first-order valence-corrected chi connectivity index (χ1v) is 6.58. The fourth-order valence-corrected chi connectivity index (χ4v) is 1.93. The van der Waals surface area contributed by atoms with Crippen molar-refractivity contribution in [3.63, 3.8) is 0 Å². The van der Waals surface area contributed by atoms with Crippen LogP contribution in [0.5, 0.6) is 0 Å². The summed E-state index contributed by atoms with van der Waals surface area (Å²) in [7, 11) is 0. The molecule has 7 heteroatoms. The Kier molecular flexibility index (Phi) is 4.77. The second-order valence-electron chi connectivity index (χ2n) is 4.12. The number of carbonyl (C=O) groups is 1. The standard InChI is InChI=1S/C14H9Cl2NO4/c15-10-3-1-9(2-4-10)8-21-14(18)12-6-5-11(16)7-13(12)17(19)20/h1-7H,8H2. The van der Waals surface area contributed by atoms with Crippen LogP contribution >= 0.6 is 23.2 Å². The molecule has 0 spiro atoms. The van der Waals surface area contributed by atoms with Crippen LogP contribution < -0.4 is 0 Å². The highest BCUT2D eigenvalue weighted by Gasteiger charge is 2.21. The minimum atomic E-state index is -0.784. The van der Waals surface area contributed by atoms with Crippen molar-refractivity contribution in [2.24, 2.45) is 0 Å². The molecule has 0 atom stereocenters. The molecule has 0 N–H and O–H groups in total. The zero-order chi connectivity index (χ0) is 15.4. The monoisotopic (exact) mass is 325 g/mol. The van der Waals surface area contributed by atoms with Crippen LogP contribution in [0.15, 0.2) is 42.5 Å². The number of nitro groups is 1. The Hall–Kier alpha value is -2.11. The highest BCUT2D eigenvalue weighted by atomic mass is 35.5. The molecule has 0 aliphatic carbocycles. The number of nitro benzene ring substituents is 1. The smallest absolute Gasteiger partial charge is 0.345 e. The summed E-state index contributed by atoms with van der Waals surface area (Å²) in [4.78, 5) is 22.2. The predicted molar refractivity (Wildman–Crippen MR) is 78.7 cm³/mol. The molecule has 0 radical (unpaired) electrons. The molecule has 0 heterocycles. The minimum absolute atomic E-state index is 0.00418. The maximum absolute atomic E-state index is 11.9. The number of nitrogens with zero attached hydrogens (tertiary/aromatic N) is 1. The summed E-state index contributed by atoms with van der Waals surface area (Å²) in [6, 6.07) is 10.5. The second kappa shape index (κ2) is 6.56. The van der Waals surface area contributed by atoms with Gasteiger partial charge in [-0.1, -0.05) is 35.3 Å². The molecule has 0 bridgehead atoms. The van der Waals surface area contributed by atoms with E-state index >= 15 is 0 Å². The first kappa shape index (κ1) is 15.3. The summed E-state index contributed by atoms with van der Waals surface area (Å²) < 4.78 is 5.06. The normalized spacial score (nSPS) is 10.2. The molecule has 0 unspecified atom stereocenters. The van der Waals surface area contributed by atoms with E-state index in [2.05, 4.69) is 0 Å². The van der Waals surface area contributed by atoms with Crippen LogP contribution in [0, 0.1) is 10.1 Å². The Bertz CT molecular complexity index is 686. The molecule has 0 aliphatic rings. The van der Waals surface area contributed by atoms with Gasteiger partial charge in [0.15, 0.2) is 0 Å². The molecular weight excluding hydrogens is 317 g/mol. The van der Waals surface area contributed by atoms with Crippen molar-refractivity contribution in [2.45, 2.75) is 6.61 Å². The number of hydrogen-bond acceptors (Lipinski definition) is 4.